The summed E-state index contributed by atoms with van der Waals surface area (Å²) in [5, 5.41) is 8.70. The number of nitrogens with one attached hydrogen (secondary N) is 1. The van der Waals surface area contributed by atoms with Crippen molar-refractivity contribution in [2.75, 3.05) is 5.48 Å². The van der Waals surface area contributed by atoms with Crippen LogP contribution in [-0.4, -0.2) is 5.21 Å². The second kappa shape index (κ2) is 3.98. The van der Waals surface area contributed by atoms with Gasteiger partial charge in [0, 0.05) is 0 Å². The van der Waals surface area contributed by atoms with Gasteiger partial charge in [0.25, 0.3) is 0 Å². The van der Waals surface area contributed by atoms with E-state index in [2.05, 4.69) is 12.4 Å². The fraction of sp³-hybridized carbons (Fsp3) is 0.333. The molecule has 0 saturated heterocycles. The van der Waals surface area contributed by atoms with Gasteiger partial charge in [0.1, 0.15) is 0 Å². The minimum atomic E-state index is 0.814. The molecule has 60 valence electrons. The van der Waals surface area contributed by atoms with Crippen LogP contribution in [0.1, 0.15) is 18.9 Å². The maximum absolute atomic E-state index is 8.70. The molecule has 0 amide bonds. The van der Waals surface area contributed by atoms with E-state index in [9.17, 15) is 0 Å². The molecule has 0 radical (unpaired) electrons. The molecule has 0 saturated carbocycles. The summed E-state index contributed by atoms with van der Waals surface area (Å²) in [7, 11) is 0. The zero-order valence-electron chi connectivity index (χ0n) is 6.67. The normalized spacial score (nSPS) is 9.64. The lowest BCUT2D eigenvalue weighted by atomic mass is 10.1. The van der Waals surface area contributed by atoms with Gasteiger partial charge in [-0.05, 0) is 18.1 Å². The Bertz CT molecular complexity index is 223. The lowest BCUT2D eigenvalue weighted by Crippen LogP contribution is -1.94. The van der Waals surface area contributed by atoms with E-state index in [0.29, 0.717) is 0 Å². The smallest absolute Gasteiger partial charge is 0.0634 e. The van der Waals surface area contributed by atoms with Crippen molar-refractivity contribution in [2.45, 2.75) is 19.8 Å². The van der Waals surface area contributed by atoms with Crippen LogP contribution in [0.5, 0.6) is 0 Å². The molecule has 0 aliphatic carbocycles. The highest BCUT2D eigenvalue weighted by Crippen LogP contribution is 2.15. The van der Waals surface area contributed by atoms with Crippen LogP contribution in [0, 0.1) is 0 Å². The quantitative estimate of drug-likeness (QED) is 0.650. The molecule has 0 fully saturated rings. The number of anilines is 1. The largest absolute Gasteiger partial charge is 0.291 e. The van der Waals surface area contributed by atoms with Crippen molar-refractivity contribution in [2.24, 2.45) is 0 Å². The summed E-state index contributed by atoms with van der Waals surface area (Å²) in [4.78, 5) is 0. The van der Waals surface area contributed by atoms with Crippen LogP contribution in [-0.2, 0) is 6.42 Å². The molecular formula is C9H13NO. The van der Waals surface area contributed by atoms with Crippen LogP contribution in [0.3, 0.4) is 0 Å². The van der Waals surface area contributed by atoms with Crippen LogP contribution >= 0.6 is 0 Å². The average molecular weight is 151 g/mol. The van der Waals surface area contributed by atoms with E-state index in [1.165, 1.54) is 0 Å². The van der Waals surface area contributed by atoms with Crippen molar-refractivity contribution >= 4 is 5.69 Å². The van der Waals surface area contributed by atoms with Gasteiger partial charge in [-0.1, -0.05) is 31.5 Å². The lowest BCUT2D eigenvalue weighted by molar-refractivity contribution is 0.388. The van der Waals surface area contributed by atoms with E-state index in [1.807, 2.05) is 24.3 Å². The summed E-state index contributed by atoms with van der Waals surface area (Å²) in [5.41, 5.74) is 4.16. The van der Waals surface area contributed by atoms with Gasteiger partial charge in [-0.25, -0.2) is 0 Å². The Morgan fingerprint density at radius 2 is 2.09 bits per heavy atom. The van der Waals surface area contributed by atoms with Crippen molar-refractivity contribution in [3.63, 3.8) is 0 Å². The zero-order valence-corrected chi connectivity index (χ0v) is 6.67. The number of para-hydroxylation sites is 1. The molecule has 0 bridgehead atoms. The average Bonchev–Trinajstić information content (AvgIpc) is 2.06. The van der Waals surface area contributed by atoms with Crippen LogP contribution in [0.15, 0.2) is 24.3 Å². The van der Waals surface area contributed by atoms with Gasteiger partial charge in [-0.3, -0.25) is 10.7 Å². The monoisotopic (exact) mass is 151 g/mol. The zero-order chi connectivity index (χ0) is 8.10. The summed E-state index contributed by atoms with van der Waals surface area (Å²) < 4.78 is 0. The lowest BCUT2D eigenvalue weighted by Gasteiger charge is -2.05. The summed E-state index contributed by atoms with van der Waals surface area (Å²) in [6.45, 7) is 2.12. The molecule has 2 nitrogen and oxygen atoms in total. The Morgan fingerprint density at radius 3 is 2.73 bits per heavy atom. The van der Waals surface area contributed by atoms with Crippen molar-refractivity contribution in [1.29, 1.82) is 0 Å². The summed E-state index contributed by atoms with van der Waals surface area (Å²) in [6, 6.07) is 7.76. The molecule has 0 aliphatic rings. The molecule has 2 heteroatoms. The third-order valence-corrected chi connectivity index (χ3v) is 1.66. The maximum Gasteiger partial charge on any atom is 0.0634 e. The molecule has 11 heavy (non-hydrogen) atoms. The minimum absolute atomic E-state index is 0.814. The first-order chi connectivity index (χ1) is 5.38. The number of benzene rings is 1. The third kappa shape index (κ3) is 1.95. The maximum atomic E-state index is 8.70. The van der Waals surface area contributed by atoms with E-state index in [-0.39, 0.29) is 0 Å². The fourth-order valence-electron chi connectivity index (χ4n) is 1.12. The Morgan fingerprint density at radius 1 is 1.36 bits per heavy atom. The number of aryl methyl sites for hydroxylation is 1. The highest BCUT2D eigenvalue weighted by molar-refractivity contribution is 5.49. The third-order valence-electron chi connectivity index (χ3n) is 1.66. The molecule has 0 heterocycles. The summed E-state index contributed by atoms with van der Waals surface area (Å²) in [6.07, 6.45) is 2.10. The molecule has 1 rings (SSSR count). The van der Waals surface area contributed by atoms with Gasteiger partial charge in [-0.2, -0.15) is 0 Å². The topological polar surface area (TPSA) is 32.3 Å². The van der Waals surface area contributed by atoms with E-state index < -0.39 is 0 Å². The van der Waals surface area contributed by atoms with Crippen LogP contribution < -0.4 is 5.48 Å². The van der Waals surface area contributed by atoms with E-state index in [0.717, 1.165) is 24.1 Å². The van der Waals surface area contributed by atoms with E-state index in [1.54, 1.807) is 0 Å². The predicted molar refractivity (Wildman–Crippen MR) is 45.8 cm³/mol. The standard InChI is InChI=1S/C9H13NO/c1-2-5-8-6-3-4-7-9(8)10-11/h3-4,6-7,10-11H,2,5H2,1H3. The number of hydrogen-bond donors (Lipinski definition) is 2. The van der Waals surface area contributed by atoms with Crippen molar-refractivity contribution in [3.05, 3.63) is 29.8 Å². The van der Waals surface area contributed by atoms with Gasteiger partial charge in [0.15, 0.2) is 0 Å². The molecule has 2 N–H and O–H groups in total. The number of hydrogen-bond acceptors (Lipinski definition) is 2. The van der Waals surface area contributed by atoms with Crippen molar-refractivity contribution in [3.8, 4) is 0 Å². The Kier molecular flexibility index (Phi) is 2.93. The van der Waals surface area contributed by atoms with Crippen molar-refractivity contribution in [1.82, 2.24) is 0 Å². The molecular weight excluding hydrogens is 138 g/mol. The molecule has 0 atom stereocenters. The first kappa shape index (κ1) is 8.08. The van der Waals surface area contributed by atoms with E-state index in [4.69, 9.17) is 5.21 Å². The highest BCUT2D eigenvalue weighted by atomic mass is 16.5. The highest BCUT2D eigenvalue weighted by Gasteiger charge is 1.96. The fourth-order valence-corrected chi connectivity index (χ4v) is 1.12. The van der Waals surface area contributed by atoms with Crippen LogP contribution in [0.2, 0.25) is 0 Å². The van der Waals surface area contributed by atoms with Crippen molar-refractivity contribution < 1.29 is 5.21 Å². The Hall–Kier alpha value is -1.02. The van der Waals surface area contributed by atoms with Gasteiger partial charge >= 0.3 is 0 Å². The second-order valence-electron chi connectivity index (χ2n) is 2.52. The molecule has 0 aromatic heterocycles. The SMILES string of the molecule is CCCc1ccccc1NO. The van der Waals surface area contributed by atoms with Gasteiger partial charge in [0.05, 0.1) is 5.69 Å². The summed E-state index contributed by atoms with van der Waals surface area (Å²) >= 11 is 0. The first-order valence-electron chi connectivity index (χ1n) is 3.86. The molecule has 0 unspecified atom stereocenters. The molecule has 1 aromatic rings. The van der Waals surface area contributed by atoms with Gasteiger partial charge in [-0.15, -0.1) is 0 Å². The summed E-state index contributed by atoms with van der Waals surface area (Å²) in [5.74, 6) is 0. The van der Waals surface area contributed by atoms with E-state index >= 15 is 0 Å². The van der Waals surface area contributed by atoms with Crippen LogP contribution in [0.4, 0.5) is 5.69 Å². The number of rotatable bonds is 3. The van der Waals surface area contributed by atoms with Gasteiger partial charge in [0.2, 0.25) is 0 Å². The van der Waals surface area contributed by atoms with Crippen LogP contribution in [0.25, 0.3) is 0 Å². The second-order valence-corrected chi connectivity index (χ2v) is 2.52. The Balaban J connectivity index is 2.83. The van der Waals surface area contributed by atoms with Gasteiger partial charge < -0.3 is 0 Å². The predicted octanol–water partition coefficient (Wildman–Crippen LogP) is 2.44. The molecule has 0 aliphatic heterocycles. The first-order valence-corrected chi connectivity index (χ1v) is 3.86. The minimum Gasteiger partial charge on any atom is -0.291 e. The molecule has 1 aromatic carbocycles. The Labute approximate surface area is 66.8 Å². The molecule has 0 spiro atoms.